The standard InChI is InChI=1S/C20H18ClN3O5/c1-28-15-5-3-4-14(11-15)24-9-8-23(19(26)20(24)27)12-18(25)22-16-10-13(21)6-7-17(16)29-2/h3-11H,12H2,1-2H3,(H,22,25). The normalized spacial score (nSPS) is 10.4. The fraction of sp³-hybridized carbons (Fsp3) is 0.150. The van der Waals surface area contributed by atoms with Crippen molar-refractivity contribution in [2.24, 2.45) is 0 Å². The van der Waals surface area contributed by atoms with Crippen molar-refractivity contribution in [3.63, 3.8) is 0 Å². The van der Waals surface area contributed by atoms with Crippen LogP contribution < -0.4 is 25.9 Å². The van der Waals surface area contributed by atoms with E-state index in [1.54, 1.807) is 36.4 Å². The van der Waals surface area contributed by atoms with Crippen molar-refractivity contribution >= 4 is 23.2 Å². The lowest BCUT2D eigenvalue weighted by Crippen LogP contribution is -2.41. The lowest BCUT2D eigenvalue weighted by atomic mass is 10.3. The van der Waals surface area contributed by atoms with Crippen LogP contribution >= 0.6 is 11.6 Å². The number of benzene rings is 2. The number of carbonyl (C=O) groups excluding carboxylic acids is 1. The Hall–Kier alpha value is -3.52. The van der Waals surface area contributed by atoms with E-state index >= 15 is 0 Å². The molecule has 1 N–H and O–H groups in total. The van der Waals surface area contributed by atoms with Crippen LogP contribution in [-0.2, 0) is 11.3 Å². The molecule has 0 bridgehead atoms. The Morgan fingerprint density at radius 1 is 1.03 bits per heavy atom. The van der Waals surface area contributed by atoms with Gasteiger partial charge in [-0.05, 0) is 30.3 Å². The summed E-state index contributed by atoms with van der Waals surface area (Å²) < 4.78 is 12.5. The van der Waals surface area contributed by atoms with Crippen molar-refractivity contribution in [2.45, 2.75) is 6.54 Å². The highest BCUT2D eigenvalue weighted by Gasteiger charge is 2.12. The number of methoxy groups -OCH3 is 2. The first-order chi connectivity index (χ1) is 13.9. The molecule has 1 heterocycles. The Labute approximate surface area is 170 Å². The predicted molar refractivity (Wildman–Crippen MR) is 109 cm³/mol. The molecular formula is C20H18ClN3O5. The van der Waals surface area contributed by atoms with Crippen LogP contribution in [0.15, 0.2) is 64.4 Å². The average Bonchev–Trinajstić information content (AvgIpc) is 2.72. The van der Waals surface area contributed by atoms with Gasteiger partial charge < -0.3 is 14.8 Å². The van der Waals surface area contributed by atoms with Crippen LogP contribution in [0.3, 0.4) is 0 Å². The topological polar surface area (TPSA) is 91.6 Å². The molecule has 0 radical (unpaired) electrons. The molecule has 9 heteroatoms. The molecule has 0 unspecified atom stereocenters. The van der Waals surface area contributed by atoms with E-state index in [0.29, 0.717) is 27.9 Å². The average molecular weight is 416 g/mol. The molecule has 0 fully saturated rings. The van der Waals surface area contributed by atoms with Gasteiger partial charge in [-0.1, -0.05) is 17.7 Å². The number of ether oxygens (including phenoxy) is 2. The van der Waals surface area contributed by atoms with E-state index in [1.807, 2.05) is 0 Å². The number of hydrogen-bond acceptors (Lipinski definition) is 5. The lowest BCUT2D eigenvalue weighted by Gasteiger charge is -2.12. The number of nitrogens with zero attached hydrogens (tertiary/aromatic N) is 2. The third-order valence-corrected chi connectivity index (χ3v) is 4.37. The van der Waals surface area contributed by atoms with Gasteiger partial charge in [0.25, 0.3) is 0 Å². The molecule has 3 rings (SSSR count). The largest absolute Gasteiger partial charge is 0.497 e. The molecule has 8 nitrogen and oxygen atoms in total. The lowest BCUT2D eigenvalue weighted by molar-refractivity contribution is -0.116. The van der Waals surface area contributed by atoms with Gasteiger partial charge in [0.1, 0.15) is 18.0 Å². The number of hydrogen-bond donors (Lipinski definition) is 1. The van der Waals surface area contributed by atoms with Crippen molar-refractivity contribution in [2.75, 3.05) is 19.5 Å². The first kappa shape index (κ1) is 20.2. The fourth-order valence-corrected chi connectivity index (χ4v) is 2.89. The molecule has 0 atom stereocenters. The van der Waals surface area contributed by atoms with Crippen LogP contribution in [-0.4, -0.2) is 29.3 Å². The van der Waals surface area contributed by atoms with Gasteiger partial charge in [-0.25, -0.2) is 0 Å². The summed E-state index contributed by atoms with van der Waals surface area (Å²) in [7, 11) is 2.97. The summed E-state index contributed by atoms with van der Waals surface area (Å²) >= 11 is 5.95. The van der Waals surface area contributed by atoms with Gasteiger partial charge in [-0.2, -0.15) is 0 Å². The van der Waals surface area contributed by atoms with Gasteiger partial charge in [0.15, 0.2) is 0 Å². The van der Waals surface area contributed by atoms with E-state index in [2.05, 4.69) is 5.32 Å². The van der Waals surface area contributed by atoms with Crippen molar-refractivity contribution in [3.05, 3.63) is 80.6 Å². The molecule has 2 aromatic carbocycles. The van der Waals surface area contributed by atoms with Crippen molar-refractivity contribution in [1.82, 2.24) is 9.13 Å². The second kappa shape index (κ2) is 8.66. The van der Waals surface area contributed by atoms with Gasteiger partial charge >= 0.3 is 11.1 Å². The number of aromatic nitrogens is 2. The maximum absolute atomic E-state index is 12.5. The Morgan fingerprint density at radius 3 is 2.55 bits per heavy atom. The smallest absolute Gasteiger partial charge is 0.320 e. The van der Waals surface area contributed by atoms with Gasteiger partial charge in [0, 0.05) is 23.5 Å². The first-order valence-electron chi connectivity index (χ1n) is 8.53. The molecule has 150 valence electrons. The number of nitrogens with one attached hydrogen (secondary N) is 1. The zero-order valence-corrected chi connectivity index (χ0v) is 16.5. The molecule has 0 aliphatic heterocycles. The fourth-order valence-electron chi connectivity index (χ4n) is 2.72. The molecular weight excluding hydrogens is 398 g/mol. The summed E-state index contributed by atoms with van der Waals surface area (Å²) in [5, 5.41) is 3.04. The van der Waals surface area contributed by atoms with Gasteiger partial charge in [-0.15, -0.1) is 0 Å². The number of anilines is 1. The van der Waals surface area contributed by atoms with Gasteiger partial charge in [0.05, 0.1) is 25.6 Å². The minimum atomic E-state index is -0.830. The van der Waals surface area contributed by atoms with Crippen molar-refractivity contribution in [1.29, 1.82) is 0 Å². The highest BCUT2D eigenvalue weighted by atomic mass is 35.5. The first-order valence-corrected chi connectivity index (χ1v) is 8.90. The molecule has 29 heavy (non-hydrogen) atoms. The molecule has 0 spiro atoms. The van der Waals surface area contributed by atoms with E-state index in [4.69, 9.17) is 21.1 Å². The van der Waals surface area contributed by atoms with Crippen LogP contribution in [0.25, 0.3) is 5.69 Å². The summed E-state index contributed by atoms with van der Waals surface area (Å²) in [4.78, 5) is 37.3. The summed E-state index contributed by atoms with van der Waals surface area (Å²) in [6.07, 6.45) is 2.80. The minimum Gasteiger partial charge on any atom is -0.497 e. The van der Waals surface area contributed by atoms with E-state index in [-0.39, 0.29) is 6.54 Å². The summed E-state index contributed by atoms with van der Waals surface area (Å²) in [6.45, 7) is -0.345. The Kier molecular flexibility index (Phi) is 6.04. The summed E-state index contributed by atoms with van der Waals surface area (Å²) in [5.41, 5.74) is -0.771. The number of rotatable bonds is 6. The SMILES string of the molecule is COc1cccc(-n2ccn(CC(=O)Nc3cc(Cl)ccc3OC)c(=O)c2=O)c1. The molecule has 0 saturated heterocycles. The Morgan fingerprint density at radius 2 is 1.83 bits per heavy atom. The minimum absolute atomic E-state index is 0.345. The number of amides is 1. The van der Waals surface area contributed by atoms with E-state index < -0.39 is 17.0 Å². The molecule has 1 aromatic heterocycles. The van der Waals surface area contributed by atoms with Crippen LogP contribution in [0.2, 0.25) is 5.02 Å². The number of halogens is 1. The van der Waals surface area contributed by atoms with Crippen molar-refractivity contribution < 1.29 is 14.3 Å². The molecule has 0 aliphatic carbocycles. The van der Waals surface area contributed by atoms with Crippen LogP contribution in [0.4, 0.5) is 5.69 Å². The molecule has 3 aromatic rings. The second-order valence-electron chi connectivity index (χ2n) is 6.00. The molecule has 0 saturated carbocycles. The Balaban J connectivity index is 1.85. The van der Waals surface area contributed by atoms with Crippen LogP contribution in [0, 0.1) is 0 Å². The second-order valence-corrected chi connectivity index (χ2v) is 6.44. The van der Waals surface area contributed by atoms with E-state index in [0.717, 1.165) is 4.57 Å². The predicted octanol–water partition coefficient (Wildman–Crippen LogP) is 2.31. The third-order valence-electron chi connectivity index (χ3n) is 4.14. The quantitative estimate of drug-likeness (QED) is 0.624. The number of carbonyl (C=O) groups is 1. The van der Waals surface area contributed by atoms with Crippen molar-refractivity contribution in [3.8, 4) is 17.2 Å². The third kappa shape index (κ3) is 4.49. The monoisotopic (exact) mass is 415 g/mol. The molecule has 1 amide bonds. The van der Waals surface area contributed by atoms with Crippen LogP contribution in [0.1, 0.15) is 0 Å². The van der Waals surface area contributed by atoms with E-state index in [1.165, 1.54) is 37.2 Å². The highest BCUT2D eigenvalue weighted by molar-refractivity contribution is 6.31. The van der Waals surface area contributed by atoms with E-state index in [9.17, 15) is 14.4 Å². The maximum Gasteiger partial charge on any atom is 0.320 e. The summed E-state index contributed by atoms with van der Waals surface area (Å²) in [6, 6.07) is 11.5. The van der Waals surface area contributed by atoms with Gasteiger partial charge in [0.2, 0.25) is 5.91 Å². The zero-order chi connectivity index (χ0) is 21.0. The zero-order valence-electron chi connectivity index (χ0n) is 15.7. The highest BCUT2D eigenvalue weighted by Crippen LogP contribution is 2.27. The maximum atomic E-state index is 12.5. The van der Waals surface area contributed by atoms with Gasteiger partial charge in [-0.3, -0.25) is 23.5 Å². The summed E-state index contributed by atoms with van der Waals surface area (Å²) in [5.74, 6) is 0.461. The molecule has 0 aliphatic rings. The Bertz CT molecular complexity index is 1170. The van der Waals surface area contributed by atoms with Crippen LogP contribution in [0.5, 0.6) is 11.5 Å².